The third-order valence-corrected chi connectivity index (χ3v) is 5.75. The molecule has 2 aromatic carbocycles. The molecule has 0 saturated heterocycles. The van der Waals surface area contributed by atoms with Crippen LogP contribution in [0.4, 0.5) is 11.4 Å². The molecule has 0 amide bonds. The van der Waals surface area contributed by atoms with Crippen molar-refractivity contribution in [3.63, 3.8) is 0 Å². The molecule has 0 aromatic heterocycles. The molecule has 0 spiro atoms. The number of nitrogens with zero attached hydrogens (tertiary/aromatic N) is 2. The Balaban J connectivity index is 0.00000166. The van der Waals surface area contributed by atoms with Crippen molar-refractivity contribution < 1.29 is 20.0 Å². The van der Waals surface area contributed by atoms with Gasteiger partial charge in [0, 0.05) is 12.4 Å². The van der Waals surface area contributed by atoms with Crippen molar-refractivity contribution in [1.29, 1.82) is 0 Å². The van der Waals surface area contributed by atoms with Crippen molar-refractivity contribution in [2.75, 3.05) is 9.80 Å². The molecule has 0 saturated carbocycles. The molecule has 0 fully saturated rings. The summed E-state index contributed by atoms with van der Waals surface area (Å²) in [7, 11) is 4.58. The van der Waals surface area contributed by atoms with E-state index in [2.05, 4.69) is 130 Å². The van der Waals surface area contributed by atoms with Gasteiger partial charge in [0.2, 0.25) is 6.67 Å². The SMILES string of the molecule is CC(C)c1cccc(C(C)C)c1N1[C]N(c2c(C(C)C)cccc2C(C)C)C=C1.[Cl][Au]. The predicted octanol–water partition coefficient (Wildman–Crippen LogP) is 8.66. The predicted molar refractivity (Wildman–Crippen MR) is 132 cm³/mol. The normalized spacial score (nSPS) is 13.6. The van der Waals surface area contributed by atoms with Crippen LogP contribution in [0.15, 0.2) is 48.8 Å². The van der Waals surface area contributed by atoms with E-state index < -0.39 is 0 Å². The fourth-order valence-corrected chi connectivity index (χ4v) is 4.14. The molecule has 0 atom stereocenters. The number of benzene rings is 2. The average molecular weight is 621 g/mol. The first kappa shape index (κ1) is 26.1. The van der Waals surface area contributed by atoms with Gasteiger partial charge in [-0.25, -0.2) is 0 Å². The van der Waals surface area contributed by atoms with E-state index in [0.29, 0.717) is 23.7 Å². The molecule has 3 rings (SSSR count). The van der Waals surface area contributed by atoms with Crippen molar-refractivity contribution in [3.05, 3.63) is 77.7 Å². The van der Waals surface area contributed by atoms with E-state index in [0.717, 1.165) is 0 Å². The second-order valence-corrected chi connectivity index (χ2v) is 9.33. The number of anilines is 2. The van der Waals surface area contributed by atoms with Crippen molar-refractivity contribution in [1.82, 2.24) is 0 Å². The van der Waals surface area contributed by atoms with Gasteiger partial charge in [-0.15, -0.1) is 0 Å². The summed E-state index contributed by atoms with van der Waals surface area (Å²) in [6.45, 7) is 21.8. The van der Waals surface area contributed by atoms with Crippen molar-refractivity contribution in [2.45, 2.75) is 79.1 Å². The van der Waals surface area contributed by atoms with Gasteiger partial charge in [-0.05, 0) is 45.9 Å². The fraction of sp³-hybridized carbons (Fsp3) is 0.444. The first-order valence-corrected chi connectivity index (χ1v) is 13.8. The van der Waals surface area contributed by atoms with Crippen LogP contribution in [0.1, 0.15) is 101 Å². The molecule has 2 radical (unpaired) electrons. The molecule has 172 valence electrons. The number of halogens is 1. The molecule has 0 N–H and O–H groups in total. The van der Waals surface area contributed by atoms with Gasteiger partial charge in [0.05, 0.1) is 11.4 Å². The molecule has 1 aliphatic heterocycles. The molecular formula is C27H36AuClN2. The summed E-state index contributed by atoms with van der Waals surface area (Å²) >= 11 is 1.75. The van der Waals surface area contributed by atoms with Crippen LogP contribution in [0.25, 0.3) is 0 Å². The standard InChI is InChI=1S/C27H36N2.Au.ClH/c1-18(2)22-11-9-12-23(19(3)4)26(22)28-15-16-29(17-28)27-24(20(5)6)13-10-14-25(27)21(7)8;;/h9-16,18-21H,1-8H3;;1H/q;+1;/p-1. The number of para-hydroxylation sites is 2. The fourth-order valence-electron chi connectivity index (χ4n) is 4.14. The molecule has 2 nitrogen and oxygen atoms in total. The van der Waals surface area contributed by atoms with E-state index in [1.807, 2.05) is 0 Å². The van der Waals surface area contributed by atoms with Gasteiger partial charge in [-0.1, -0.05) is 91.8 Å². The maximum absolute atomic E-state index is 4.58. The molecule has 4 heteroatoms. The zero-order valence-electron chi connectivity index (χ0n) is 20.0. The first-order chi connectivity index (χ1) is 14.7. The van der Waals surface area contributed by atoms with E-state index in [4.69, 9.17) is 0 Å². The summed E-state index contributed by atoms with van der Waals surface area (Å²) < 4.78 is 0. The summed E-state index contributed by atoms with van der Waals surface area (Å²) in [6.07, 6.45) is 4.32. The van der Waals surface area contributed by atoms with E-state index >= 15 is 0 Å². The second kappa shape index (κ2) is 11.6. The Hall–Kier alpha value is -1.19. The van der Waals surface area contributed by atoms with Crippen LogP contribution in [0.2, 0.25) is 0 Å². The summed E-state index contributed by atoms with van der Waals surface area (Å²) in [5, 5.41) is 0. The average Bonchev–Trinajstić information content (AvgIpc) is 3.23. The summed E-state index contributed by atoms with van der Waals surface area (Å²) in [5.41, 5.74) is 8.05. The molecule has 0 bridgehead atoms. The molecule has 1 heterocycles. The van der Waals surface area contributed by atoms with E-state index in [-0.39, 0.29) is 0 Å². The molecule has 0 aliphatic carbocycles. The Bertz CT molecular complexity index is 763. The summed E-state index contributed by atoms with van der Waals surface area (Å²) in [4.78, 5) is 4.40. The third kappa shape index (κ3) is 5.79. The minimum absolute atomic E-state index is 0.460. The Morgan fingerprint density at radius 1 is 0.581 bits per heavy atom. The molecule has 2 aromatic rings. The number of hydrogen-bond acceptors (Lipinski definition) is 2. The molecular weight excluding hydrogens is 585 g/mol. The van der Waals surface area contributed by atoms with Gasteiger partial charge in [0.1, 0.15) is 0 Å². The van der Waals surface area contributed by atoms with Crippen LogP contribution in [-0.2, 0) is 20.0 Å². The van der Waals surface area contributed by atoms with Crippen LogP contribution >= 0.6 is 9.19 Å². The van der Waals surface area contributed by atoms with Crippen LogP contribution < -0.4 is 9.80 Å². The third-order valence-electron chi connectivity index (χ3n) is 5.75. The van der Waals surface area contributed by atoms with Gasteiger partial charge in [-0.2, -0.15) is 0 Å². The Kier molecular flexibility index (Phi) is 9.76. The Labute approximate surface area is 206 Å². The Morgan fingerprint density at radius 3 is 1.06 bits per heavy atom. The van der Waals surface area contributed by atoms with Crippen LogP contribution in [0, 0.1) is 6.67 Å². The van der Waals surface area contributed by atoms with Crippen LogP contribution in [0.3, 0.4) is 0 Å². The Morgan fingerprint density at radius 2 is 0.839 bits per heavy atom. The van der Waals surface area contributed by atoms with Crippen LogP contribution in [0.5, 0.6) is 0 Å². The monoisotopic (exact) mass is 620 g/mol. The number of rotatable bonds is 6. The van der Waals surface area contributed by atoms with Crippen molar-refractivity contribution in [2.24, 2.45) is 0 Å². The van der Waals surface area contributed by atoms with Gasteiger partial charge in [0.25, 0.3) is 0 Å². The quantitative estimate of drug-likeness (QED) is 0.298. The number of hydrogen-bond donors (Lipinski definition) is 0. The topological polar surface area (TPSA) is 6.48 Å². The minimum atomic E-state index is 0.460. The summed E-state index contributed by atoms with van der Waals surface area (Å²) in [6, 6.07) is 13.4. The molecule has 31 heavy (non-hydrogen) atoms. The van der Waals surface area contributed by atoms with Gasteiger partial charge < -0.3 is 9.80 Å². The van der Waals surface area contributed by atoms with Crippen LogP contribution in [-0.4, -0.2) is 0 Å². The van der Waals surface area contributed by atoms with Gasteiger partial charge in [0.15, 0.2) is 0 Å². The molecule has 0 unspecified atom stereocenters. The van der Waals surface area contributed by atoms with E-state index in [9.17, 15) is 0 Å². The van der Waals surface area contributed by atoms with E-state index in [1.54, 1.807) is 20.0 Å². The second-order valence-electron chi connectivity index (χ2n) is 9.33. The van der Waals surface area contributed by atoms with E-state index in [1.165, 1.54) is 33.6 Å². The van der Waals surface area contributed by atoms with Crippen molar-refractivity contribution in [3.8, 4) is 0 Å². The van der Waals surface area contributed by atoms with Gasteiger partial charge >= 0.3 is 29.2 Å². The summed E-state index contributed by atoms with van der Waals surface area (Å²) in [5.74, 6) is 1.84. The zero-order chi connectivity index (χ0) is 23.3. The van der Waals surface area contributed by atoms with Gasteiger partial charge in [-0.3, -0.25) is 0 Å². The maximum atomic E-state index is 4.58. The zero-order valence-corrected chi connectivity index (χ0v) is 22.9. The molecule has 1 aliphatic rings. The first-order valence-electron chi connectivity index (χ1n) is 11.1. The van der Waals surface area contributed by atoms with Crippen molar-refractivity contribution >= 4 is 20.6 Å².